The molecule has 0 saturated heterocycles. The van der Waals surface area contributed by atoms with Crippen molar-refractivity contribution >= 4 is 17.6 Å². The predicted molar refractivity (Wildman–Crippen MR) is 62.2 cm³/mol. The Bertz CT molecular complexity index is 396. The van der Waals surface area contributed by atoms with Crippen molar-refractivity contribution in [3.05, 3.63) is 29.3 Å². The van der Waals surface area contributed by atoms with Gasteiger partial charge < -0.3 is 11.5 Å². The Morgan fingerprint density at radius 1 is 1.13 bits per heavy atom. The van der Waals surface area contributed by atoms with Gasteiger partial charge in [0.05, 0.1) is 5.69 Å². The van der Waals surface area contributed by atoms with Crippen molar-refractivity contribution < 1.29 is 0 Å². The average molecular weight is 205 g/mol. The van der Waals surface area contributed by atoms with E-state index in [1.54, 1.807) is 6.07 Å². The molecule has 80 valence electrons. The molecule has 1 aromatic rings. The molecular weight excluding hydrogens is 190 g/mol. The van der Waals surface area contributed by atoms with Crippen LogP contribution in [0, 0.1) is 24.7 Å². The summed E-state index contributed by atoms with van der Waals surface area (Å²) >= 11 is 0. The number of benzene rings is 1. The highest BCUT2D eigenvalue weighted by atomic mass is 15.3. The lowest BCUT2D eigenvalue weighted by atomic mass is 10.1. The lowest BCUT2D eigenvalue weighted by Gasteiger charge is -2.22. The van der Waals surface area contributed by atoms with Crippen LogP contribution in [0.25, 0.3) is 0 Å². The summed E-state index contributed by atoms with van der Waals surface area (Å²) in [6, 6.07) is 5.58. The Morgan fingerprint density at radius 2 is 1.67 bits per heavy atom. The Morgan fingerprint density at radius 3 is 2.13 bits per heavy atom. The second-order valence-electron chi connectivity index (χ2n) is 3.32. The highest BCUT2D eigenvalue weighted by Gasteiger charge is 2.15. The Balaban J connectivity index is 3.29. The van der Waals surface area contributed by atoms with Crippen LogP contribution in [0.2, 0.25) is 0 Å². The summed E-state index contributed by atoms with van der Waals surface area (Å²) in [7, 11) is 0. The van der Waals surface area contributed by atoms with E-state index in [4.69, 9.17) is 22.3 Å². The molecule has 0 aliphatic carbocycles. The van der Waals surface area contributed by atoms with Crippen molar-refractivity contribution in [2.45, 2.75) is 13.8 Å². The van der Waals surface area contributed by atoms with Crippen LogP contribution in [-0.4, -0.2) is 11.9 Å². The Kier molecular flexibility index (Phi) is 2.94. The predicted octanol–water partition coefficient (Wildman–Crippen LogP) is 0.897. The van der Waals surface area contributed by atoms with Crippen molar-refractivity contribution in [2.24, 2.45) is 11.5 Å². The molecule has 0 fully saturated rings. The minimum Gasteiger partial charge on any atom is -0.369 e. The largest absolute Gasteiger partial charge is 0.369 e. The van der Waals surface area contributed by atoms with Gasteiger partial charge in [0.25, 0.3) is 0 Å². The molecule has 1 aromatic carbocycles. The number of guanidine groups is 2. The lowest BCUT2D eigenvalue weighted by Crippen LogP contribution is -2.45. The number of nitrogens with one attached hydrogen (secondary N) is 2. The van der Waals surface area contributed by atoms with Crippen molar-refractivity contribution in [1.82, 2.24) is 0 Å². The zero-order chi connectivity index (χ0) is 11.6. The molecule has 0 heterocycles. The maximum atomic E-state index is 7.37. The summed E-state index contributed by atoms with van der Waals surface area (Å²) in [5.74, 6) is -0.507. The zero-order valence-electron chi connectivity index (χ0n) is 8.83. The average Bonchev–Trinajstić information content (AvgIpc) is 2.11. The van der Waals surface area contributed by atoms with Gasteiger partial charge in [0, 0.05) is 0 Å². The van der Waals surface area contributed by atoms with Gasteiger partial charge in [-0.3, -0.25) is 15.7 Å². The molecule has 0 atom stereocenters. The first-order valence-corrected chi connectivity index (χ1v) is 4.49. The molecule has 0 aromatic heterocycles. The molecule has 0 spiro atoms. The van der Waals surface area contributed by atoms with E-state index < -0.39 is 0 Å². The summed E-state index contributed by atoms with van der Waals surface area (Å²) in [5, 5.41) is 14.7. The number of hydrogen-bond donors (Lipinski definition) is 4. The van der Waals surface area contributed by atoms with E-state index >= 15 is 0 Å². The number of aryl methyl sites for hydroxylation is 1. The molecule has 0 amide bonds. The van der Waals surface area contributed by atoms with Gasteiger partial charge in [0.1, 0.15) is 0 Å². The molecule has 5 nitrogen and oxygen atoms in total. The molecule has 1 rings (SSSR count). The fourth-order valence-corrected chi connectivity index (χ4v) is 1.37. The molecule has 6 N–H and O–H groups in total. The normalized spacial score (nSPS) is 9.73. The van der Waals surface area contributed by atoms with Gasteiger partial charge in [-0.05, 0) is 31.0 Å². The summed E-state index contributed by atoms with van der Waals surface area (Å²) in [4.78, 5) is 1.20. The molecule has 0 aliphatic rings. The van der Waals surface area contributed by atoms with Gasteiger partial charge in [-0.2, -0.15) is 0 Å². The highest BCUT2D eigenvalue weighted by molar-refractivity contribution is 6.14. The number of anilines is 1. The summed E-state index contributed by atoms with van der Waals surface area (Å²) < 4.78 is 0. The second kappa shape index (κ2) is 4.00. The van der Waals surface area contributed by atoms with Gasteiger partial charge in [-0.15, -0.1) is 0 Å². The number of hydrogen-bond acceptors (Lipinski definition) is 2. The number of nitrogens with zero attached hydrogens (tertiary/aromatic N) is 1. The van der Waals surface area contributed by atoms with Gasteiger partial charge >= 0.3 is 0 Å². The van der Waals surface area contributed by atoms with Crippen LogP contribution >= 0.6 is 0 Å². The molecule has 0 saturated carbocycles. The van der Waals surface area contributed by atoms with E-state index in [9.17, 15) is 0 Å². The topological polar surface area (TPSA) is 103 Å². The van der Waals surface area contributed by atoms with Gasteiger partial charge in [-0.25, -0.2) is 0 Å². The van der Waals surface area contributed by atoms with Gasteiger partial charge in [-0.1, -0.05) is 12.1 Å². The highest BCUT2D eigenvalue weighted by Crippen LogP contribution is 2.21. The number of nitrogens with two attached hydrogens (primary N) is 2. The van der Waals surface area contributed by atoms with E-state index in [1.807, 2.05) is 26.0 Å². The summed E-state index contributed by atoms with van der Waals surface area (Å²) in [6.07, 6.45) is 0. The van der Waals surface area contributed by atoms with Crippen molar-refractivity contribution in [1.29, 1.82) is 10.8 Å². The molecule has 0 aliphatic heterocycles. The lowest BCUT2D eigenvalue weighted by molar-refractivity contribution is 1.21. The quantitative estimate of drug-likeness (QED) is 0.404. The number of rotatable bonds is 1. The monoisotopic (exact) mass is 205 g/mol. The first kappa shape index (κ1) is 11.0. The smallest absolute Gasteiger partial charge is 0.200 e. The molecule has 0 bridgehead atoms. The van der Waals surface area contributed by atoms with Crippen molar-refractivity contribution in [3.63, 3.8) is 0 Å². The third kappa shape index (κ3) is 2.07. The van der Waals surface area contributed by atoms with Crippen LogP contribution in [0.4, 0.5) is 5.69 Å². The first-order valence-electron chi connectivity index (χ1n) is 4.49. The molecule has 15 heavy (non-hydrogen) atoms. The van der Waals surface area contributed by atoms with Crippen molar-refractivity contribution in [2.75, 3.05) is 4.90 Å². The maximum Gasteiger partial charge on any atom is 0.200 e. The van der Waals surface area contributed by atoms with Crippen LogP contribution < -0.4 is 16.4 Å². The van der Waals surface area contributed by atoms with E-state index in [1.165, 1.54) is 4.90 Å². The summed E-state index contributed by atoms with van der Waals surface area (Å²) in [6.45, 7) is 3.86. The van der Waals surface area contributed by atoms with Crippen LogP contribution in [0.1, 0.15) is 11.1 Å². The fraction of sp³-hybridized carbons (Fsp3) is 0.200. The van der Waals surface area contributed by atoms with E-state index in [2.05, 4.69) is 0 Å². The SMILES string of the molecule is Cc1cccc(N(C(=N)N)C(=N)N)c1C. The Labute approximate surface area is 88.7 Å². The second-order valence-corrected chi connectivity index (χ2v) is 3.32. The van der Waals surface area contributed by atoms with Gasteiger partial charge in [0.2, 0.25) is 0 Å². The van der Waals surface area contributed by atoms with Crippen LogP contribution in [0.15, 0.2) is 18.2 Å². The zero-order valence-corrected chi connectivity index (χ0v) is 8.83. The third-order valence-electron chi connectivity index (χ3n) is 2.30. The standard InChI is InChI=1S/C10H15N5/c1-6-4-3-5-8(7(6)2)15(9(11)12)10(13)14/h3-5H,1-2H3,(H3,11,12)(H3,13,14). The summed E-state index contributed by atoms with van der Waals surface area (Å²) in [5.41, 5.74) is 13.5. The third-order valence-corrected chi connectivity index (χ3v) is 2.30. The van der Waals surface area contributed by atoms with E-state index in [0.29, 0.717) is 5.69 Å². The minimum absolute atomic E-state index is 0.254. The molecule has 0 unspecified atom stereocenters. The first-order chi connectivity index (χ1) is 6.95. The van der Waals surface area contributed by atoms with Crippen LogP contribution in [0.3, 0.4) is 0 Å². The van der Waals surface area contributed by atoms with Crippen LogP contribution in [0.5, 0.6) is 0 Å². The Hall–Kier alpha value is -2.04. The molecular formula is C10H15N5. The van der Waals surface area contributed by atoms with Crippen molar-refractivity contribution in [3.8, 4) is 0 Å². The van der Waals surface area contributed by atoms with E-state index in [-0.39, 0.29) is 11.9 Å². The molecule has 5 heteroatoms. The van der Waals surface area contributed by atoms with Crippen LogP contribution in [-0.2, 0) is 0 Å². The fourth-order valence-electron chi connectivity index (χ4n) is 1.37. The van der Waals surface area contributed by atoms with Gasteiger partial charge in [0.15, 0.2) is 11.9 Å². The molecule has 0 radical (unpaired) electrons. The maximum absolute atomic E-state index is 7.37. The van der Waals surface area contributed by atoms with E-state index in [0.717, 1.165) is 11.1 Å². The minimum atomic E-state index is -0.254.